The van der Waals surface area contributed by atoms with E-state index in [1.54, 1.807) is 11.0 Å². The van der Waals surface area contributed by atoms with Crippen LogP contribution in [0.25, 0.3) is 10.6 Å². The maximum absolute atomic E-state index is 14.1. The lowest BCUT2D eigenvalue weighted by molar-refractivity contribution is -0.147. The van der Waals surface area contributed by atoms with Crippen molar-refractivity contribution in [2.45, 2.75) is 45.6 Å². The summed E-state index contributed by atoms with van der Waals surface area (Å²) < 4.78 is 14.1. The average Bonchev–Trinajstić information content (AvgIpc) is 3.28. The molecule has 1 amide bonds. The molecule has 1 saturated heterocycles. The largest absolute Gasteiger partial charge is 0.481 e. The summed E-state index contributed by atoms with van der Waals surface area (Å²) in [6.07, 6.45) is 6.41. The molecule has 2 heterocycles. The first kappa shape index (κ1) is 24.2. The van der Waals surface area contributed by atoms with Crippen molar-refractivity contribution in [3.05, 3.63) is 53.4 Å². The topological polar surface area (TPSA) is 86.6 Å². The monoisotopic (exact) mass is 484 g/mol. The van der Waals surface area contributed by atoms with E-state index >= 15 is 0 Å². The number of halogens is 1. The van der Waals surface area contributed by atoms with E-state index in [2.05, 4.69) is 22.0 Å². The van der Waals surface area contributed by atoms with Crippen LogP contribution in [0.15, 0.2) is 47.8 Å². The number of carboxylic acid groups (broad SMARTS) is 1. The van der Waals surface area contributed by atoms with E-state index in [0.717, 1.165) is 24.0 Å². The molecule has 34 heavy (non-hydrogen) atoms. The van der Waals surface area contributed by atoms with Crippen LogP contribution in [0.4, 0.5) is 9.52 Å². The molecule has 7 nitrogen and oxygen atoms in total. The van der Waals surface area contributed by atoms with Crippen LogP contribution in [0, 0.1) is 5.92 Å². The summed E-state index contributed by atoms with van der Waals surface area (Å²) in [6.45, 7) is 4.45. The van der Waals surface area contributed by atoms with Crippen LogP contribution in [0.3, 0.4) is 0 Å². The normalized spacial score (nSPS) is 16.5. The van der Waals surface area contributed by atoms with Gasteiger partial charge in [0, 0.05) is 38.2 Å². The van der Waals surface area contributed by atoms with Crippen molar-refractivity contribution in [2.75, 3.05) is 24.5 Å². The number of carbonyl (C=O) groups is 2. The highest BCUT2D eigenvalue weighted by Crippen LogP contribution is 2.31. The molecule has 1 aliphatic carbocycles. The first-order valence-electron chi connectivity index (χ1n) is 11.7. The van der Waals surface area contributed by atoms with E-state index in [0.29, 0.717) is 54.7 Å². The minimum atomic E-state index is -0.734. The zero-order valence-electron chi connectivity index (χ0n) is 19.2. The van der Waals surface area contributed by atoms with Crippen molar-refractivity contribution in [1.82, 2.24) is 15.1 Å². The third-order valence-corrected chi connectivity index (χ3v) is 7.13. The van der Waals surface area contributed by atoms with Gasteiger partial charge in [0.2, 0.25) is 11.0 Å². The Morgan fingerprint density at radius 1 is 1.24 bits per heavy atom. The van der Waals surface area contributed by atoms with Crippen LogP contribution < -0.4 is 4.90 Å². The molecule has 180 valence electrons. The number of unbranched alkanes of at least 4 members (excludes halogenated alkanes) is 1. The fourth-order valence-corrected chi connectivity index (χ4v) is 4.94. The van der Waals surface area contributed by atoms with Crippen LogP contribution in [0.2, 0.25) is 0 Å². The Hall–Kier alpha value is -2.91. The fraction of sp³-hybridized carbons (Fsp3) is 0.440. The summed E-state index contributed by atoms with van der Waals surface area (Å²) in [7, 11) is 0. The van der Waals surface area contributed by atoms with Crippen molar-refractivity contribution in [3.63, 3.8) is 0 Å². The average molecular weight is 485 g/mol. The molecule has 0 spiro atoms. The van der Waals surface area contributed by atoms with Crippen molar-refractivity contribution < 1.29 is 19.1 Å². The second-order valence-corrected chi connectivity index (χ2v) is 9.72. The number of likely N-dealkylation sites (tertiary alicyclic amines) is 1. The molecular weight excluding hydrogens is 455 g/mol. The van der Waals surface area contributed by atoms with E-state index in [1.165, 1.54) is 11.3 Å². The number of anilines is 1. The Balaban J connectivity index is 1.42. The zero-order valence-corrected chi connectivity index (χ0v) is 20.1. The van der Waals surface area contributed by atoms with Crippen LogP contribution in [0.1, 0.15) is 44.6 Å². The number of allylic oxidation sites excluding steroid dienone is 3. The van der Waals surface area contributed by atoms with Gasteiger partial charge in [-0.25, -0.2) is 4.39 Å². The third kappa shape index (κ3) is 5.77. The van der Waals surface area contributed by atoms with Gasteiger partial charge in [0.05, 0.1) is 12.3 Å². The van der Waals surface area contributed by atoms with E-state index in [-0.39, 0.29) is 24.1 Å². The van der Waals surface area contributed by atoms with E-state index < -0.39 is 5.97 Å². The minimum absolute atomic E-state index is 0.0227. The molecule has 1 aliphatic heterocycles. The van der Waals surface area contributed by atoms with Gasteiger partial charge in [-0.15, -0.1) is 10.2 Å². The number of hydrogen-bond donors (Lipinski definition) is 1. The lowest BCUT2D eigenvalue weighted by Crippen LogP contribution is -2.49. The summed E-state index contributed by atoms with van der Waals surface area (Å²) >= 11 is 1.35. The van der Waals surface area contributed by atoms with Gasteiger partial charge in [-0.3, -0.25) is 19.4 Å². The third-order valence-electron chi connectivity index (χ3n) is 6.13. The molecule has 0 bridgehead atoms. The Labute approximate surface area is 202 Å². The molecule has 0 saturated carbocycles. The molecule has 0 radical (unpaired) electrons. The summed E-state index contributed by atoms with van der Waals surface area (Å²) in [5, 5.41) is 18.8. The number of nitrogens with zero attached hydrogens (tertiary/aromatic N) is 4. The lowest BCUT2D eigenvalue weighted by atomic mass is 9.99. The number of carbonyl (C=O) groups excluding carboxylic acids is 1. The highest BCUT2D eigenvalue weighted by Gasteiger charge is 2.32. The first-order chi connectivity index (χ1) is 16.4. The fourth-order valence-electron chi connectivity index (χ4n) is 4.05. The predicted molar refractivity (Wildman–Crippen MR) is 130 cm³/mol. The Morgan fingerprint density at radius 2 is 2.00 bits per heavy atom. The minimum Gasteiger partial charge on any atom is -0.481 e. The highest BCUT2D eigenvalue weighted by atomic mass is 32.1. The Morgan fingerprint density at radius 3 is 2.68 bits per heavy atom. The van der Waals surface area contributed by atoms with Gasteiger partial charge in [-0.2, -0.15) is 0 Å². The SMILES string of the molecule is CCCCN(C(=O)CC1=C(F)CCC=C1)c1nnc(-c2ccc(CN3CC(C(=O)O)C3)cc2)s1. The van der Waals surface area contributed by atoms with Crippen molar-refractivity contribution in [3.8, 4) is 10.6 Å². The van der Waals surface area contributed by atoms with Gasteiger partial charge in [0.15, 0.2) is 0 Å². The first-order valence-corrected chi connectivity index (χ1v) is 12.5. The van der Waals surface area contributed by atoms with Crippen LogP contribution in [-0.4, -0.2) is 51.7 Å². The molecule has 1 aromatic carbocycles. The summed E-state index contributed by atoms with van der Waals surface area (Å²) in [4.78, 5) is 27.7. The number of hydrogen-bond acceptors (Lipinski definition) is 6. The molecular formula is C25H29FN4O3S. The molecule has 1 N–H and O–H groups in total. The van der Waals surface area contributed by atoms with Gasteiger partial charge < -0.3 is 5.11 Å². The van der Waals surface area contributed by atoms with Gasteiger partial charge in [-0.1, -0.05) is 61.1 Å². The quantitative estimate of drug-likeness (QED) is 0.520. The standard InChI is InChI=1S/C25H29FN4O3S/c1-2-3-12-30(22(31)13-19-6-4-5-7-21(19)26)25-28-27-23(34-25)18-10-8-17(9-11-18)14-29-15-20(16-29)24(32)33/h4,6,8-11,20H,2-3,5,7,12-16H2,1H3,(H,32,33). The second-order valence-electron chi connectivity index (χ2n) is 8.76. The van der Waals surface area contributed by atoms with Gasteiger partial charge in [0.25, 0.3) is 0 Å². The van der Waals surface area contributed by atoms with E-state index in [1.807, 2.05) is 30.3 Å². The number of aliphatic carboxylic acids is 1. The van der Waals surface area contributed by atoms with E-state index in [4.69, 9.17) is 5.11 Å². The van der Waals surface area contributed by atoms with Gasteiger partial charge in [-0.05, 0) is 24.0 Å². The summed E-state index contributed by atoms with van der Waals surface area (Å²) in [5.41, 5.74) is 2.47. The second kappa shape index (κ2) is 11.0. The number of aromatic nitrogens is 2. The molecule has 2 aliphatic rings. The highest BCUT2D eigenvalue weighted by molar-refractivity contribution is 7.18. The molecule has 4 rings (SSSR count). The maximum Gasteiger partial charge on any atom is 0.309 e. The predicted octanol–water partition coefficient (Wildman–Crippen LogP) is 4.82. The molecule has 0 atom stereocenters. The lowest BCUT2D eigenvalue weighted by Gasteiger charge is -2.36. The summed E-state index contributed by atoms with van der Waals surface area (Å²) in [6, 6.07) is 7.96. The number of rotatable bonds is 10. The molecule has 9 heteroatoms. The van der Waals surface area contributed by atoms with Crippen LogP contribution in [-0.2, 0) is 16.1 Å². The number of benzene rings is 1. The molecule has 2 aromatic rings. The smallest absolute Gasteiger partial charge is 0.309 e. The molecule has 1 fully saturated rings. The van der Waals surface area contributed by atoms with Crippen molar-refractivity contribution in [1.29, 1.82) is 0 Å². The van der Waals surface area contributed by atoms with Gasteiger partial charge >= 0.3 is 5.97 Å². The maximum atomic E-state index is 14.1. The number of amides is 1. The molecule has 0 unspecified atom stereocenters. The van der Waals surface area contributed by atoms with Crippen molar-refractivity contribution in [2.24, 2.45) is 5.92 Å². The Kier molecular flexibility index (Phi) is 7.84. The summed E-state index contributed by atoms with van der Waals surface area (Å²) in [5.74, 6) is -1.37. The molecule has 1 aromatic heterocycles. The van der Waals surface area contributed by atoms with Crippen LogP contribution in [0.5, 0.6) is 0 Å². The van der Waals surface area contributed by atoms with E-state index in [9.17, 15) is 14.0 Å². The Bertz CT molecular complexity index is 1090. The van der Waals surface area contributed by atoms with Crippen LogP contribution >= 0.6 is 11.3 Å². The van der Waals surface area contributed by atoms with Crippen molar-refractivity contribution >= 4 is 28.3 Å². The zero-order chi connectivity index (χ0) is 24.1. The number of carboxylic acids is 1. The van der Waals surface area contributed by atoms with Gasteiger partial charge in [0.1, 0.15) is 10.8 Å².